The van der Waals surface area contributed by atoms with Gasteiger partial charge in [0, 0.05) is 25.3 Å². The van der Waals surface area contributed by atoms with Crippen LogP contribution in [0.1, 0.15) is 43.2 Å². The molecule has 1 unspecified atom stereocenters. The average Bonchev–Trinajstić information content (AvgIpc) is 2.52. The molecule has 1 atom stereocenters. The van der Waals surface area contributed by atoms with Gasteiger partial charge < -0.3 is 15.8 Å². The lowest BCUT2D eigenvalue weighted by Crippen LogP contribution is -2.22. The van der Waals surface area contributed by atoms with E-state index in [0.29, 0.717) is 18.6 Å². The topological polar surface area (TPSA) is 64.3 Å². The second-order valence-electron chi connectivity index (χ2n) is 5.70. The van der Waals surface area contributed by atoms with Crippen molar-refractivity contribution in [3.05, 3.63) is 29.3 Å². The van der Waals surface area contributed by atoms with Crippen LogP contribution in [-0.2, 0) is 22.3 Å². The van der Waals surface area contributed by atoms with Crippen LogP contribution in [0.25, 0.3) is 0 Å². The lowest BCUT2D eigenvalue weighted by Gasteiger charge is -2.22. The van der Waals surface area contributed by atoms with Crippen molar-refractivity contribution in [1.82, 2.24) is 0 Å². The predicted molar refractivity (Wildman–Crippen MR) is 80.8 cm³/mol. The average molecular weight is 330 g/mol. The van der Waals surface area contributed by atoms with Gasteiger partial charge in [0.15, 0.2) is 0 Å². The maximum absolute atomic E-state index is 12.8. The number of alkyl halides is 3. The molecule has 128 valence electrons. The minimum absolute atomic E-state index is 0.0251. The molecule has 1 saturated heterocycles. The first-order valence-electron chi connectivity index (χ1n) is 7.71. The number of carbonyl (C=O) groups is 1. The molecule has 3 N–H and O–H groups in total. The summed E-state index contributed by atoms with van der Waals surface area (Å²) < 4.78 is 44.1. The van der Waals surface area contributed by atoms with Crippen LogP contribution in [0.5, 0.6) is 0 Å². The summed E-state index contributed by atoms with van der Waals surface area (Å²) in [5.74, 6) is -0.318. The van der Waals surface area contributed by atoms with Gasteiger partial charge in [-0.05, 0) is 49.4 Å². The van der Waals surface area contributed by atoms with Gasteiger partial charge in [0.2, 0.25) is 5.91 Å². The fraction of sp³-hybridized carbons (Fsp3) is 0.562. The van der Waals surface area contributed by atoms with Crippen molar-refractivity contribution in [3.8, 4) is 0 Å². The number of anilines is 1. The maximum atomic E-state index is 12.8. The highest BCUT2D eigenvalue weighted by Crippen LogP contribution is 2.32. The van der Waals surface area contributed by atoms with E-state index >= 15 is 0 Å². The zero-order valence-electron chi connectivity index (χ0n) is 12.8. The highest BCUT2D eigenvalue weighted by molar-refractivity contribution is 5.90. The number of carbonyl (C=O) groups excluding carboxylic acids is 1. The summed E-state index contributed by atoms with van der Waals surface area (Å²) in [5.41, 5.74) is 5.05. The third-order valence-electron chi connectivity index (χ3n) is 3.81. The number of nitrogens with two attached hydrogens (primary N) is 1. The number of hydrogen-bond donors (Lipinski definition) is 2. The lowest BCUT2D eigenvalue weighted by molar-refractivity contribution is -0.137. The van der Waals surface area contributed by atoms with Gasteiger partial charge in [-0.25, -0.2) is 0 Å². The van der Waals surface area contributed by atoms with E-state index in [1.807, 2.05) is 0 Å². The summed E-state index contributed by atoms with van der Waals surface area (Å²) in [4.78, 5) is 11.9. The van der Waals surface area contributed by atoms with Crippen molar-refractivity contribution in [3.63, 3.8) is 0 Å². The van der Waals surface area contributed by atoms with Gasteiger partial charge in [-0.1, -0.05) is 0 Å². The van der Waals surface area contributed by atoms with Crippen LogP contribution in [0.15, 0.2) is 18.2 Å². The number of rotatable bonds is 5. The molecule has 23 heavy (non-hydrogen) atoms. The molecule has 1 aromatic rings. The van der Waals surface area contributed by atoms with Crippen molar-refractivity contribution >= 4 is 11.6 Å². The Balaban J connectivity index is 1.96. The van der Waals surface area contributed by atoms with Crippen molar-refractivity contribution in [2.24, 2.45) is 5.73 Å². The number of halogens is 3. The molecular weight excluding hydrogens is 309 g/mol. The van der Waals surface area contributed by atoms with Crippen LogP contribution in [0.4, 0.5) is 18.9 Å². The van der Waals surface area contributed by atoms with Crippen LogP contribution in [0.2, 0.25) is 0 Å². The molecule has 1 aliphatic heterocycles. The first kappa shape index (κ1) is 17.7. The first-order valence-corrected chi connectivity index (χ1v) is 7.71. The van der Waals surface area contributed by atoms with E-state index in [1.165, 1.54) is 6.07 Å². The molecule has 1 aliphatic rings. The van der Waals surface area contributed by atoms with Gasteiger partial charge in [-0.2, -0.15) is 13.2 Å². The van der Waals surface area contributed by atoms with Crippen LogP contribution in [0.3, 0.4) is 0 Å². The smallest absolute Gasteiger partial charge is 0.378 e. The number of hydrogen-bond acceptors (Lipinski definition) is 3. The summed E-state index contributed by atoms with van der Waals surface area (Å²) in [5, 5.41) is 2.52. The zero-order valence-corrected chi connectivity index (χ0v) is 12.8. The van der Waals surface area contributed by atoms with E-state index < -0.39 is 11.7 Å². The second-order valence-corrected chi connectivity index (χ2v) is 5.70. The van der Waals surface area contributed by atoms with E-state index in [2.05, 4.69) is 5.32 Å². The SMILES string of the molecule is NCc1cc(NC(=O)CCC2CCCCO2)cc(C(F)(F)F)c1. The standard InChI is InChI=1S/C16H21F3N2O2/c17-16(18,19)12-7-11(10-20)8-13(9-12)21-15(22)5-4-14-3-1-2-6-23-14/h7-9,14H,1-6,10,20H2,(H,21,22). The summed E-state index contributed by atoms with van der Waals surface area (Å²) in [6, 6.07) is 3.38. The Labute approximate surface area is 133 Å². The zero-order chi connectivity index (χ0) is 16.9. The summed E-state index contributed by atoms with van der Waals surface area (Å²) in [7, 11) is 0. The van der Waals surface area contributed by atoms with E-state index in [-0.39, 0.29) is 30.7 Å². The van der Waals surface area contributed by atoms with Crippen molar-refractivity contribution < 1.29 is 22.7 Å². The molecular formula is C16H21F3N2O2. The maximum Gasteiger partial charge on any atom is 0.416 e. The van der Waals surface area contributed by atoms with Gasteiger partial charge in [0.25, 0.3) is 0 Å². The molecule has 1 amide bonds. The third kappa shape index (κ3) is 5.51. The number of nitrogens with one attached hydrogen (secondary N) is 1. The Morgan fingerprint density at radius 3 is 2.70 bits per heavy atom. The van der Waals surface area contributed by atoms with Crippen molar-refractivity contribution in [1.29, 1.82) is 0 Å². The molecule has 7 heteroatoms. The van der Waals surface area contributed by atoms with E-state index in [0.717, 1.165) is 31.4 Å². The molecule has 0 bridgehead atoms. The normalized spacial score (nSPS) is 18.7. The molecule has 0 aliphatic carbocycles. The fourth-order valence-corrected chi connectivity index (χ4v) is 2.60. The first-order chi connectivity index (χ1) is 10.9. The molecule has 0 spiro atoms. The van der Waals surface area contributed by atoms with Gasteiger partial charge in [-0.15, -0.1) is 0 Å². The van der Waals surface area contributed by atoms with Gasteiger partial charge in [0.1, 0.15) is 0 Å². The number of ether oxygens (including phenoxy) is 1. The number of benzene rings is 1. The third-order valence-corrected chi connectivity index (χ3v) is 3.81. The predicted octanol–water partition coefficient (Wildman–Crippen LogP) is 3.45. The van der Waals surface area contributed by atoms with Crippen LogP contribution in [0, 0.1) is 0 Å². The Bertz CT molecular complexity index is 541. The monoisotopic (exact) mass is 330 g/mol. The Morgan fingerprint density at radius 1 is 1.30 bits per heavy atom. The van der Waals surface area contributed by atoms with E-state index in [4.69, 9.17) is 10.5 Å². The van der Waals surface area contributed by atoms with Crippen molar-refractivity contribution in [2.75, 3.05) is 11.9 Å². The Hall–Kier alpha value is -1.60. The molecule has 0 radical (unpaired) electrons. The second kappa shape index (κ2) is 7.79. The fourth-order valence-electron chi connectivity index (χ4n) is 2.60. The van der Waals surface area contributed by atoms with E-state index in [1.54, 1.807) is 0 Å². The Morgan fingerprint density at radius 2 is 2.09 bits per heavy atom. The van der Waals surface area contributed by atoms with Gasteiger partial charge in [-0.3, -0.25) is 4.79 Å². The van der Waals surface area contributed by atoms with Crippen LogP contribution in [-0.4, -0.2) is 18.6 Å². The quantitative estimate of drug-likeness (QED) is 0.869. The highest BCUT2D eigenvalue weighted by Gasteiger charge is 2.31. The Kier molecular flexibility index (Phi) is 6.01. The highest BCUT2D eigenvalue weighted by atomic mass is 19.4. The molecule has 2 rings (SSSR count). The largest absolute Gasteiger partial charge is 0.416 e. The summed E-state index contributed by atoms with van der Waals surface area (Å²) in [6.45, 7) is 0.683. The minimum atomic E-state index is -4.47. The van der Waals surface area contributed by atoms with Gasteiger partial charge in [0.05, 0.1) is 11.7 Å². The minimum Gasteiger partial charge on any atom is -0.378 e. The van der Waals surface area contributed by atoms with Gasteiger partial charge >= 0.3 is 6.18 Å². The van der Waals surface area contributed by atoms with Crippen LogP contribution < -0.4 is 11.1 Å². The summed E-state index contributed by atoms with van der Waals surface area (Å²) >= 11 is 0. The van der Waals surface area contributed by atoms with E-state index in [9.17, 15) is 18.0 Å². The lowest BCUT2D eigenvalue weighted by atomic mass is 10.0. The molecule has 4 nitrogen and oxygen atoms in total. The molecule has 1 aromatic carbocycles. The molecule has 0 saturated carbocycles. The number of amides is 1. The molecule has 1 fully saturated rings. The van der Waals surface area contributed by atoms with Crippen LogP contribution >= 0.6 is 0 Å². The molecule has 0 aromatic heterocycles. The van der Waals surface area contributed by atoms with Crippen molar-refractivity contribution in [2.45, 2.75) is 50.9 Å². The summed E-state index contributed by atoms with van der Waals surface area (Å²) in [6.07, 6.45) is -0.563. The molecule has 1 heterocycles.